The molecule has 2 N–H and O–H groups in total. The summed E-state index contributed by atoms with van der Waals surface area (Å²) in [7, 11) is 1.60. The van der Waals surface area contributed by atoms with Crippen molar-refractivity contribution >= 4 is 23.2 Å². The molecule has 1 amide bonds. The molecular weight excluding hydrogens is 282 g/mol. The highest BCUT2D eigenvalue weighted by atomic mass is 35.5. The van der Waals surface area contributed by atoms with Crippen LogP contribution in [-0.2, 0) is 11.3 Å². The third kappa shape index (κ3) is 4.18. The highest BCUT2D eigenvalue weighted by Crippen LogP contribution is 2.23. The van der Waals surface area contributed by atoms with Crippen LogP contribution in [0.3, 0.4) is 0 Å². The first-order valence-electron chi connectivity index (χ1n) is 6.30. The molecule has 6 nitrogen and oxygen atoms in total. The van der Waals surface area contributed by atoms with E-state index in [2.05, 4.69) is 0 Å². The number of carbonyl (C=O) groups excluding carboxylic acids is 1. The number of amides is 1. The smallest absolute Gasteiger partial charge is 0.269 e. The lowest BCUT2D eigenvalue weighted by molar-refractivity contribution is -0.384. The van der Waals surface area contributed by atoms with Crippen molar-refractivity contribution in [1.82, 2.24) is 4.90 Å². The predicted molar refractivity (Wildman–Crippen MR) is 77.5 cm³/mol. The zero-order chi connectivity index (χ0) is 15.3. The van der Waals surface area contributed by atoms with Gasteiger partial charge in [-0.05, 0) is 18.1 Å². The molecular formula is C13H18ClN3O3. The highest BCUT2D eigenvalue weighted by molar-refractivity contribution is 6.31. The summed E-state index contributed by atoms with van der Waals surface area (Å²) in [6.45, 7) is 2.14. The number of hydrogen-bond donors (Lipinski definition) is 1. The average Bonchev–Trinajstić information content (AvgIpc) is 2.40. The minimum absolute atomic E-state index is 0.0527. The van der Waals surface area contributed by atoms with Gasteiger partial charge in [0.05, 0.1) is 11.0 Å². The Hall–Kier alpha value is -1.66. The van der Waals surface area contributed by atoms with E-state index in [4.69, 9.17) is 17.3 Å². The lowest BCUT2D eigenvalue weighted by Gasteiger charge is -2.21. The van der Waals surface area contributed by atoms with Crippen molar-refractivity contribution in [2.45, 2.75) is 32.4 Å². The molecule has 1 rings (SSSR count). The van der Waals surface area contributed by atoms with Crippen LogP contribution in [0.1, 0.15) is 25.3 Å². The number of nitrogens with zero attached hydrogens (tertiary/aromatic N) is 2. The average molecular weight is 300 g/mol. The van der Waals surface area contributed by atoms with Crippen molar-refractivity contribution in [1.29, 1.82) is 0 Å². The summed E-state index contributed by atoms with van der Waals surface area (Å²) in [4.78, 5) is 23.7. The van der Waals surface area contributed by atoms with Crippen LogP contribution in [-0.4, -0.2) is 28.8 Å². The molecule has 1 atom stereocenters. The van der Waals surface area contributed by atoms with Crippen LogP contribution in [0.5, 0.6) is 0 Å². The number of nitro benzene ring substituents is 1. The van der Waals surface area contributed by atoms with E-state index in [9.17, 15) is 14.9 Å². The summed E-state index contributed by atoms with van der Waals surface area (Å²) in [6, 6.07) is 3.61. The molecule has 1 unspecified atom stereocenters. The van der Waals surface area contributed by atoms with E-state index < -0.39 is 11.0 Å². The summed E-state index contributed by atoms with van der Waals surface area (Å²) in [6.07, 6.45) is 1.42. The molecule has 1 aromatic rings. The number of non-ortho nitro benzene ring substituents is 1. The summed E-state index contributed by atoms with van der Waals surface area (Å²) in [5, 5.41) is 11.1. The number of halogens is 1. The maximum Gasteiger partial charge on any atom is 0.269 e. The Morgan fingerprint density at radius 1 is 1.55 bits per heavy atom. The van der Waals surface area contributed by atoms with Gasteiger partial charge in [-0.15, -0.1) is 0 Å². The lowest BCUT2D eigenvalue weighted by atomic mass is 10.1. The summed E-state index contributed by atoms with van der Waals surface area (Å²) in [5.74, 6) is -0.200. The molecule has 110 valence electrons. The Morgan fingerprint density at radius 3 is 2.75 bits per heavy atom. The summed E-state index contributed by atoms with van der Waals surface area (Å²) >= 11 is 6.00. The van der Waals surface area contributed by atoms with E-state index >= 15 is 0 Å². The van der Waals surface area contributed by atoms with Gasteiger partial charge in [-0.2, -0.15) is 0 Å². The number of hydrogen-bond acceptors (Lipinski definition) is 4. The van der Waals surface area contributed by atoms with E-state index in [1.165, 1.54) is 23.1 Å². The summed E-state index contributed by atoms with van der Waals surface area (Å²) in [5.41, 5.74) is 6.24. The van der Waals surface area contributed by atoms with Gasteiger partial charge in [-0.25, -0.2) is 0 Å². The third-order valence-corrected chi connectivity index (χ3v) is 3.31. The summed E-state index contributed by atoms with van der Waals surface area (Å²) < 4.78 is 0. The molecule has 20 heavy (non-hydrogen) atoms. The molecule has 1 aromatic carbocycles. The number of benzene rings is 1. The van der Waals surface area contributed by atoms with Gasteiger partial charge in [0.2, 0.25) is 5.91 Å². The van der Waals surface area contributed by atoms with E-state index in [1.54, 1.807) is 7.05 Å². The van der Waals surface area contributed by atoms with Crippen molar-refractivity contribution in [2.75, 3.05) is 7.05 Å². The molecule has 0 fully saturated rings. The highest BCUT2D eigenvalue weighted by Gasteiger charge is 2.19. The van der Waals surface area contributed by atoms with Crippen LogP contribution in [0.2, 0.25) is 5.02 Å². The molecule has 0 aliphatic heterocycles. The van der Waals surface area contributed by atoms with Crippen molar-refractivity contribution in [2.24, 2.45) is 5.73 Å². The molecule has 0 saturated carbocycles. The van der Waals surface area contributed by atoms with Crippen LogP contribution in [0.15, 0.2) is 18.2 Å². The Labute approximate surface area is 122 Å². The second-order valence-corrected chi connectivity index (χ2v) is 5.03. The Balaban J connectivity index is 2.84. The van der Waals surface area contributed by atoms with Gasteiger partial charge in [0.1, 0.15) is 0 Å². The fourth-order valence-electron chi connectivity index (χ4n) is 1.85. The Kier molecular flexibility index (Phi) is 5.91. The van der Waals surface area contributed by atoms with Gasteiger partial charge in [-0.1, -0.05) is 24.9 Å². The second-order valence-electron chi connectivity index (χ2n) is 4.62. The quantitative estimate of drug-likeness (QED) is 0.645. The van der Waals surface area contributed by atoms with Gasteiger partial charge < -0.3 is 10.6 Å². The van der Waals surface area contributed by atoms with Crippen LogP contribution < -0.4 is 5.73 Å². The second kappa shape index (κ2) is 7.21. The Bertz CT molecular complexity index is 508. The standard InChI is InChI=1S/C13H18ClN3O3/c1-3-4-12(15)13(18)16(2)8-9-7-10(17(19)20)5-6-11(9)14/h5-7,12H,3-4,8,15H2,1-2H3. The molecule has 0 saturated heterocycles. The number of likely N-dealkylation sites (N-methyl/N-ethyl adjacent to an activating group) is 1. The number of nitrogens with two attached hydrogens (primary N) is 1. The topological polar surface area (TPSA) is 89.5 Å². The van der Waals surface area contributed by atoms with Gasteiger partial charge >= 0.3 is 0 Å². The third-order valence-electron chi connectivity index (χ3n) is 2.94. The molecule has 0 bridgehead atoms. The first-order chi connectivity index (χ1) is 9.36. The van der Waals surface area contributed by atoms with E-state index in [0.717, 1.165) is 6.42 Å². The SMILES string of the molecule is CCCC(N)C(=O)N(C)Cc1cc([N+](=O)[O-])ccc1Cl. The van der Waals surface area contributed by atoms with E-state index in [-0.39, 0.29) is 18.1 Å². The molecule has 0 aromatic heterocycles. The van der Waals surface area contributed by atoms with Crippen LogP contribution in [0.4, 0.5) is 5.69 Å². The Morgan fingerprint density at radius 2 is 2.20 bits per heavy atom. The lowest BCUT2D eigenvalue weighted by Crippen LogP contribution is -2.41. The van der Waals surface area contributed by atoms with Crippen molar-refractivity contribution in [3.63, 3.8) is 0 Å². The van der Waals surface area contributed by atoms with Crippen molar-refractivity contribution < 1.29 is 9.72 Å². The van der Waals surface area contributed by atoms with Gasteiger partial charge in [0.15, 0.2) is 0 Å². The van der Waals surface area contributed by atoms with Crippen LogP contribution in [0, 0.1) is 10.1 Å². The fourth-order valence-corrected chi connectivity index (χ4v) is 2.02. The van der Waals surface area contributed by atoms with E-state index in [0.29, 0.717) is 17.0 Å². The first-order valence-corrected chi connectivity index (χ1v) is 6.68. The molecule has 0 spiro atoms. The van der Waals surface area contributed by atoms with E-state index in [1.807, 2.05) is 6.92 Å². The fraction of sp³-hybridized carbons (Fsp3) is 0.462. The minimum atomic E-state index is -0.553. The van der Waals surface area contributed by atoms with Gasteiger partial charge in [0, 0.05) is 30.7 Å². The molecule has 0 aliphatic rings. The molecule has 0 radical (unpaired) electrons. The molecule has 0 heterocycles. The number of rotatable bonds is 6. The minimum Gasteiger partial charge on any atom is -0.340 e. The van der Waals surface area contributed by atoms with Crippen molar-refractivity contribution in [3.8, 4) is 0 Å². The van der Waals surface area contributed by atoms with Gasteiger partial charge in [-0.3, -0.25) is 14.9 Å². The first kappa shape index (κ1) is 16.4. The maximum absolute atomic E-state index is 12.0. The molecule has 0 aliphatic carbocycles. The zero-order valence-corrected chi connectivity index (χ0v) is 12.3. The number of carbonyl (C=O) groups is 1. The monoisotopic (exact) mass is 299 g/mol. The molecule has 7 heteroatoms. The van der Waals surface area contributed by atoms with Crippen molar-refractivity contribution in [3.05, 3.63) is 38.9 Å². The maximum atomic E-state index is 12.0. The van der Waals surface area contributed by atoms with Crippen LogP contribution >= 0.6 is 11.6 Å². The van der Waals surface area contributed by atoms with Crippen LogP contribution in [0.25, 0.3) is 0 Å². The largest absolute Gasteiger partial charge is 0.340 e. The normalized spacial score (nSPS) is 12.0. The number of nitro groups is 1. The zero-order valence-electron chi connectivity index (χ0n) is 11.5. The predicted octanol–water partition coefficient (Wildman–Crippen LogP) is 2.33. The van der Waals surface area contributed by atoms with Gasteiger partial charge in [0.25, 0.3) is 5.69 Å².